The first-order chi connectivity index (χ1) is 18.5. The Morgan fingerprint density at radius 2 is 1.31 bits per heavy atom. The number of esters is 2. The smallest absolute Gasteiger partial charge is 0.462 e. The van der Waals surface area contributed by atoms with E-state index in [9.17, 15) is 19.0 Å². The summed E-state index contributed by atoms with van der Waals surface area (Å²) in [6.45, 7) is 4.16. The van der Waals surface area contributed by atoms with Crippen LogP contribution in [0.15, 0.2) is 12.2 Å². The van der Waals surface area contributed by atoms with Crippen LogP contribution in [0.2, 0.25) is 0 Å². The summed E-state index contributed by atoms with van der Waals surface area (Å²) in [6.07, 6.45) is 17.7. The third kappa shape index (κ3) is 26.7. The Balaban J connectivity index is 4.44. The number of phosphoric ester groups is 1. The SMILES string of the molecule is CCCCC/C=C\CCCCCCCC(=O)OC(COC(=O)CCCCC)COP(=O)(O)OCC[N+](C)(C)C. The van der Waals surface area contributed by atoms with Crippen molar-refractivity contribution >= 4 is 19.8 Å². The lowest BCUT2D eigenvalue weighted by Crippen LogP contribution is -2.37. The molecule has 0 aliphatic carbocycles. The summed E-state index contributed by atoms with van der Waals surface area (Å²) in [5.41, 5.74) is 0. The van der Waals surface area contributed by atoms with Crippen LogP contribution >= 0.6 is 7.82 Å². The average Bonchev–Trinajstić information content (AvgIpc) is 2.85. The molecule has 9 nitrogen and oxygen atoms in total. The molecular formula is C29H57NO8P+. The van der Waals surface area contributed by atoms with Crippen molar-refractivity contribution in [3.8, 4) is 0 Å². The Bertz CT molecular complexity index is 708. The number of ether oxygens (including phenoxy) is 2. The van der Waals surface area contributed by atoms with Crippen molar-refractivity contribution in [2.45, 2.75) is 116 Å². The molecule has 0 aliphatic heterocycles. The van der Waals surface area contributed by atoms with Gasteiger partial charge in [0.2, 0.25) is 0 Å². The number of allylic oxidation sites excluding steroid dienone is 2. The Kier molecular flexibility index (Phi) is 22.7. The van der Waals surface area contributed by atoms with Gasteiger partial charge in [0, 0.05) is 12.8 Å². The van der Waals surface area contributed by atoms with Gasteiger partial charge in [-0.1, -0.05) is 70.9 Å². The Labute approximate surface area is 237 Å². The molecule has 0 aliphatic rings. The van der Waals surface area contributed by atoms with E-state index < -0.39 is 32.5 Å². The number of nitrogens with zero attached hydrogens (tertiary/aromatic N) is 1. The van der Waals surface area contributed by atoms with E-state index >= 15 is 0 Å². The zero-order valence-corrected chi connectivity index (χ0v) is 26.3. The molecule has 230 valence electrons. The molecule has 0 fully saturated rings. The summed E-state index contributed by atoms with van der Waals surface area (Å²) in [5.74, 6) is -0.842. The van der Waals surface area contributed by atoms with Crippen molar-refractivity contribution in [1.29, 1.82) is 0 Å². The van der Waals surface area contributed by atoms with Crippen LogP contribution in [0.1, 0.15) is 110 Å². The summed E-state index contributed by atoms with van der Waals surface area (Å²) in [6, 6.07) is 0. The first-order valence-corrected chi connectivity index (χ1v) is 16.4. The van der Waals surface area contributed by atoms with Crippen molar-refractivity contribution in [2.75, 3.05) is 47.5 Å². The predicted octanol–water partition coefficient (Wildman–Crippen LogP) is 6.73. The van der Waals surface area contributed by atoms with Crippen molar-refractivity contribution in [2.24, 2.45) is 0 Å². The molecule has 39 heavy (non-hydrogen) atoms. The van der Waals surface area contributed by atoms with E-state index in [2.05, 4.69) is 19.1 Å². The highest BCUT2D eigenvalue weighted by Crippen LogP contribution is 2.43. The maximum absolute atomic E-state index is 12.4. The van der Waals surface area contributed by atoms with E-state index in [0.717, 1.165) is 51.4 Å². The van der Waals surface area contributed by atoms with Crippen molar-refractivity contribution in [3.63, 3.8) is 0 Å². The molecule has 0 rings (SSSR count). The third-order valence-corrected chi connectivity index (χ3v) is 7.03. The van der Waals surface area contributed by atoms with Crippen LogP contribution in [0, 0.1) is 0 Å². The van der Waals surface area contributed by atoms with E-state index in [1.807, 2.05) is 28.1 Å². The van der Waals surface area contributed by atoms with E-state index in [1.54, 1.807) is 0 Å². The number of hydrogen-bond donors (Lipinski definition) is 1. The van der Waals surface area contributed by atoms with Gasteiger partial charge in [0.15, 0.2) is 6.10 Å². The molecule has 0 saturated heterocycles. The van der Waals surface area contributed by atoms with Crippen molar-refractivity contribution in [3.05, 3.63) is 12.2 Å². The summed E-state index contributed by atoms with van der Waals surface area (Å²) < 4.78 is 33.6. The van der Waals surface area contributed by atoms with E-state index in [0.29, 0.717) is 17.4 Å². The fourth-order valence-corrected chi connectivity index (χ4v) is 4.33. The molecule has 2 unspecified atom stereocenters. The van der Waals surface area contributed by atoms with Crippen molar-refractivity contribution in [1.82, 2.24) is 0 Å². The molecular weight excluding hydrogens is 521 g/mol. The Hall–Kier alpha value is -1.25. The third-order valence-electron chi connectivity index (χ3n) is 6.05. The highest BCUT2D eigenvalue weighted by Gasteiger charge is 2.27. The number of likely N-dealkylation sites (N-methyl/N-ethyl adjacent to an activating group) is 1. The molecule has 0 aromatic heterocycles. The molecule has 0 radical (unpaired) electrons. The quantitative estimate of drug-likeness (QED) is 0.0396. The monoisotopic (exact) mass is 578 g/mol. The second-order valence-corrected chi connectivity index (χ2v) is 12.6. The highest BCUT2D eigenvalue weighted by atomic mass is 31.2. The fraction of sp³-hybridized carbons (Fsp3) is 0.862. The fourth-order valence-electron chi connectivity index (χ4n) is 3.59. The molecule has 0 amide bonds. The molecule has 2 atom stereocenters. The minimum absolute atomic E-state index is 0.0311. The van der Waals surface area contributed by atoms with Crippen LogP contribution in [-0.4, -0.2) is 74.9 Å². The maximum Gasteiger partial charge on any atom is 0.472 e. The summed E-state index contributed by atoms with van der Waals surface area (Å²) >= 11 is 0. The molecule has 0 aromatic rings. The zero-order chi connectivity index (χ0) is 29.4. The van der Waals surface area contributed by atoms with Gasteiger partial charge >= 0.3 is 19.8 Å². The van der Waals surface area contributed by atoms with Crippen molar-refractivity contribution < 1.29 is 42.1 Å². The number of carbonyl (C=O) groups excluding carboxylic acids is 2. The number of rotatable bonds is 26. The van der Waals surface area contributed by atoms with Gasteiger partial charge in [0.1, 0.15) is 19.8 Å². The highest BCUT2D eigenvalue weighted by molar-refractivity contribution is 7.47. The average molecular weight is 579 g/mol. The lowest BCUT2D eigenvalue weighted by atomic mass is 10.1. The minimum atomic E-state index is -4.34. The second kappa shape index (κ2) is 23.5. The normalized spacial score (nSPS) is 14.3. The predicted molar refractivity (Wildman–Crippen MR) is 155 cm³/mol. The molecule has 0 spiro atoms. The number of unbranched alkanes of at least 4 members (excludes halogenated alkanes) is 10. The first kappa shape index (κ1) is 37.8. The van der Waals surface area contributed by atoms with E-state index in [4.69, 9.17) is 18.5 Å². The van der Waals surface area contributed by atoms with E-state index in [1.165, 1.54) is 25.7 Å². The lowest BCUT2D eigenvalue weighted by molar-refractivity contribution is -0.870. The Morgan fingerprint density at radius 1 is 0.769 bits per heavy atom. The largest absolute Gasteiger partial charge is 0.472 e. The number of hydrogen-bond acceptors (Lipinski definition) is 7. The number of phosphoric acid groups is 1. The zero-order valence-electron chi connectivity index (χ0n) is 25.4. The van der Waals surface area contributed by atoms with Gasteiger partial charge in [-0.05, 0) is 38.5 Å². The van der Waals surface area contributed by atoms with Crippen LogP contribution in [0.4, 0.5) is 0 Å². The van der Waals surface area contributed by atoms with Crippen LogP contribution < -0.4 is 0 Å². The van der Waals surface area contributed by atoms with Gasteiger partial charge in [-0.15, -0.1) is 0 Å². The molecule has 0 saturated carbocycles. The van der Waals surface area contributed by atoms with Crippen LogP contribution in [0.5, 0.6) is 0 Å². The first-order valence-electron chi connectivity index (χ1n) is 14.9. The van der Waals surface area contributed by atoms with Crippen LogP contribution in [0.25, 0.3) is 0 Å². The van der Waals surface area contributed by atoms with Gasteiger partial charge in [0.25, 0.3) is 0 Å². The van der Waals surface area contributed by atoms with Crippen LogP contribution in [-0.2, 0) is 32.7 Å². The summed E-state index contributed by atoms with van der Waals surface area (Å²) in [4.78, 5) is 34.4. The molecule has 0 bridgehead atoms. The van der Waals surface area contributed by atoms with Crippen LogP contribution in [0.3, 0.4) is 0 Å². The van der Waals surface area contributed by atoms with Gasteiger partial charge in [0.05, 0.1) is 27.7 Å². The molecule has 1 N–H and O–H groups in total. The van der Waals surface area contributed by atoms with Gasteiger partial charge in [-0.2, -0.15) is 0 Å². The number of quaternary nitrogens is 1. The molecule has 10 heteroatoms. The summed E-state index contributed by atoms with van der Waals surface area (Å²) in [5, 5.41) is 0. The van der Waals surface area contributed by atoms with Gasteiger partial charge < -0.3 is 18.9 Å². The topological polar surface area (TPSA) is 108 Å². The number of carbonyl (C=O) groups is 2. The summed E-state index contributed by atoms with van der Waals surface area (Å²) in [7, 11) is 1.46. The minimum Gasteiger partial charge on any atom is -0.462 e. The molecule has 0 heterocycles. The lowest BCUT2D eigenvalue weighted by Gasteiger charge is -2.24. The van der Waals surface area contributed by atoms with Gasteiger partial charge in [-0.25, -0.2) is 4.57 Å². The van der Waals surface area contributed by atoms with Gasteiger partial charge in [-0.3, -0.25) is 18.6 Å². The standard InChI is InChI=1S/C29H56NO8P/c1-6-8-10-11-12-13-14-15-16-17-18-20-22-29(32)38-27(25-35-28(31)21-19-9-7-2)26-37-39(33,34)36-24-23-30(3,4)5/h12-13,27H,6-11,14-26H2,1-5H3/p+1/b13-12-. The molecule has 0 aromatic carbocycles. The maximum atomic E-state index is 12.4. The van der Waals surface area contributed by atoms with E-state index in [-0.39, 0.29) is 26.1 Å². The Morgan fingerprint density at radius 3 is 1.95 bits per heavy atom. The second-order valence-electron chi connectivity index (χ2n) is 11.1.